The lowest BCUT2D eigenvalue weighted by atomic mass is 9.85. The van der Waals surface area contributed by atoms with Gasteiger partial charge in [0.15, 0.2) is 5.78 Å². The minimum absolute atomic E-state index is 0.0638. The van der Waals surface area contributed by atoms with Gasteiger partial charge in [0.2, 0.25) is 0 Å². The van der Waals surface area contributed by atoms with Crippen molar-refractivity contribution in [2.75, 3.05) is 6.54 Å². The molecule has 0 aromatic heterocycles. The lowest BCUT2D eigenvalue weighted by Crippen LogP contribution is -2.24. The Labute approximate surface area is 108 Å². The number of carbonyl (C=O) groups excluding carboxylic acids is 2. The molecule has 0 spiro atoms. The highest BCUT2D eigenvalue weighted by atomic mass is 16.1. The molecule has 3 nitrogen and oxygen atoms in total. The molecule has 0 radical (unpaired) electrons. The Kier molecular flexibility index (Phi) is 3.24. The van der Waals surface area contributed by atoms with E-state index in [4.69, 9.17) is 0 Å². The highest BCUT2D eigenvalue weighted by molar-refractivity contribution is 6.03. The highest BCUT2D eigenvalue weighted by Crippen LogP contribution is 2.23. The van der Waals surface area contributed by atoms with Crippen molar-refractivity contribution in [2.24, 2.45) is 5.41 Å². The summed E-state index contributed by atoms with van der Waals surface area (Å²) in [5, 5.41) is 2.86. The van der Waals surface area contributed by atoms with E-state index in [1.165, 1.54) is 0 Å². The smallest absolute Gasteiger partial charge is 0.251 e. The summed E-state index contributed by atoms with van der Waals surface area (Å²) < 4.78 is 0. The molecule has 3 heteroatoms. The third-order valence-corrected chi connectivity index (χ3v) is 3.21. The van der Waals surface area contributed by atoms with Crippen molar-refractivity contribution in [1.29, 1.82) is 0 Å². The SMILES string of the molecule is CC(C)(C)C(=O)c1ccc2c(c1)C(=O)NCCC2. The number of hydrogen-bond donors (Lipinski definition) is 1. The third kappa shape index (κ3) is 2.45. The molecule has 0 fully saturated rings. The van der Waals surface area contributed by atoms with Crippen LogP contribution >= 0.6 is 0 Å². The number of nitrogens with one attached hydrogen (secondary N) is 1. The van der Waals surface area contributed by atoms with Crippen LogP contribution in [-0.2, 0) is 6.42 Å². The molecule has 0 unspecified atom stereocenters. The van der Waals surface area contributed by atoms with Crippen LogP contribution in [0.5, 0.6) is 0 Å². The quantitative estimate of drug-likeness (QED) is 0.773. The van der Waals surface area contributed by atoms with Gasteiger partial charge in [0, 0.05) is 23.1 Å². The van der Waals surface area contributed by atoms with E-state index >= 15 is 0 Å². The fourth-order valence-electron chi connectivity index (χ4n) is 2.16. The standard InChI is InChI=1S/C15H19NO2/c1-15(2,3)13(17)11-7-6-10-5-4-8-16-14(18)12(10)9-11/h6-7,9H,4-5,8H2,1-3H3,(H,16,18). The van der Waals surface area contributed by atoms with Gasteiger partial charge in [-0.15, -0.1) is 0 Å². The third-order valence-electron chi connectivity index (χ3n) is 3.21. The van der Waals surface area contributed by atoms with Gasteiger partial charge in [0.05, 0.1) is 0 Å². The highest BCUT2D eigenvalue weighted by Gasteiger charge is 2.24. The van der Waals surface area contributed by atoms with Gasteiger partial charge in [-0.2, -0.15) is 0 Å². The number of carbonyl (C=O) groups is 2. The van der Waals surface area contributed by atoms with E-state index in [1.54, 1.807) is 6.07 Å². The Hall–Kier alpha value is -1.64. The first-order valence-electron chi connectivity index (χ1n) is 6.35. The zero-order chi connectivity index (χ0) is 13.3. The second-order valence-corrected chi connectivity index (χ2v) is 5.81. The summed E-state index contributed by atoms with van der Waals surface area (Å²) >= 11 is 0. The number of benzene rings is 1. The molecular weight excluding hydrogens is 226 g/mol. The molecule has 1 heterocycles. The molecule has 1 N–H and O–H groups in total. The summed E-state index contributed by atoms with van der Waals surface area (Å²) in [4.78, 5) is 24.1. The van der Waals surface area contributed by atoms with Crippen molar-refractivity contribution >= 4 is 11.7 Å². The average Bonchev–Trinajstić information content (AvgIpc) is 2.49. The molecule has 1 aliphatic rings. The minimum atomic E-state index is -0.421. The molecule has 2 rings (SSSR count). The summed E-state index contributed by atoms with van der Waals surface area (Å²) in [6.45, 7) is 6.37. The van der Waals surface area contributed by atoms with Crippen LogP contribution in [0.25, 0.3) is 0 Å². The molecular formula is C15H19NO2. The maximum atomic E-state index is 12.2. The first-order valence-corrected chi connectivity index (χ1v) is 6.35. The van der Waals surface area contributed by atoms with Gasteiger partial charge in [0.25, 0.3) is 5.91 Å². The number of fused-ring (bicyclic) bond motifs is 1. The summed E-state index contributed by atoms with van der Waals surface area (Å²) in [6.07, 6.45) is 1.84. The van der Waals surface area contributed by atoms with E-state index < -0.39 is 5.41 Å². The predicted molar refractivity (Wildman–Crippen MR) is 70.9 cm³/mol. The second-order valence-electron chi connectivity index (χ2n) is 5.81. The molecule has 1 aromatic carbocycles. The zero-order valence-corrected chi connectivity index (χ0v) is 11.2. The Morgan fingerprint density at radius 1 is 1.28 bits per heavy atom. The zero-order valence-electron chi connectivity index (χ0n) is 11.2. The van der Waals surface area contributed by atoms with Crippen LogP contribution in [0.1, 0.15) is 53.5 Å². The Bertz CT molecular complexity index is 498. The van der Waals surface area contributed by atoms with Crippen molar-refractivity contribution in [3.8, 4) is 0 Å². The molecule has 1 aromatic rings. The maximum Gasteiger partial charge on any atom is 0.251 e. The molecule has 0 saturated heterocycles. The summed E-state index contributed by atoms with van der Waals surface area (Å²) in [5.74, 6) is 0.00778. The monoisotopic (exact) mass is 245 g/mol. The van der Waals surface area contributed by atoms with Crippen molar-refractivity contribution in [3.05, 3.63) is 34.9 Å². The molecule has 1 aliphatic heterocycles. The van der Waals surface area contributed by atoms with Gasteiger partial charge in [-0.1, -0.05) is 32.9 Å². The van der Waals surface area contributed by atoms with E-state index in [9.17, 15) is 9.59 Å². The summed E-state index contributed by atoms with van der Waals surface area (Å²) in [5.41, 5.74) is 1.89. The van der Waals surface area contributed by atoms with E-state index in [-0.39, 0.29) is 11.7 Å². The van der Waals surface area contributed by atoms with Crippen LogP contribution in [-0.4, -0.2) is 18.2 Å². The Morgan fingerprint density at radius 3 is 2.67 bits per heavy atom. The largest absolute Gasteiger partial charge is 0.352 e. The van der Waals surface area contributed by atoms with E-state index in [1.807, 2.05) is 32.9 Å². The molecule has 0 aliphatic carbocycles. The number of amides is 1. The van der Waals surface area contributed by atoms with Crippen LogP contribution in [0, 0.1) is 5.41 Å². The Balaban J connectivity index is 2.43. The van der Waals surface area contributed by atoms with E-state index in [2.05, 4.69) is 5.32 Å². The van der Waals surface area contributed by atoms with Crippen LogP contribution in [0.2, 0.25) is 0 Å². The van der Waals surface area contributed by atoms with Crippen molar-refractivity contribution in [3.63, 3.8) is 0 Å². The van der Waals surface area contributed by atoms with Gasteiger partial charge in [0.1, 0.15) is 0 Å². The Morgan fingerprint density at radius 2 is 2.00 bits per heavy atom. The number of ketones is 1. The van der Waals surface area contributed by atoms with Crippen molar-refractivity contribution < 1.29 is 9.59 Å². The van der Waals surface area contributed by atoms with Gasteiger partial charge in [-0.25, -0.2) is 0 Å². The predicted octanol–water partition coefficient (Wildman–Crippen LogP) is 2.59. The number of hydrogen-bond acceptors (Lipinski definition) is 2. The van der Waals surface area contributed by atoms with Crippen molar-refractivity contribution in [2.45, 2.75) is 33.6 Å². The molecule has 0 atom stereocenters. The topological polar surface area (TPSA) is 46.2 Å². The second kappa shape index (κ2) is 4.56. The van der Waals surface area contributed by atoms with Crippen LogP contribution in [0.4, 0.5) is 0 Å². The van der Waals surface area contributed by atoms with Gasteiger partial charge in [-0.05, 0) is 24.5 Å². The van der Waals surface area contributed by atoms with Gasteiger partial charge >= 0.3 is 0 Å². The molecule has 1 amide bonds. The fraction of sp³-hybridized carbons (Fsp3) is 0.467. The lowest BCUT2D eigenvalue weighted by molar-refractivity contribution is 0.0858. The first-order chi connectivity index (χ1) is 8.39. The normalized spacial score (nSPS) is 15.6. The van der Waals surface area contributed by atoms with Gasteiger partial charge < -0.3 is 5.32 Å². The van der Waals surface area contributed by atoms with Crippen molar-refractivity contribution in [1.82, 2.24) is 5.32 Å². The number of Topliss-reactive ketones (excluding diaryl/α,β-unsaturated/α-hetero) is 1. The van der Waals surface area contributed by atoms with Crippen LogP contribution in [0.15, 0.2) is 18.2 Å². The van der Waals surface area contributed by atoms with E-state index in [0.717, 1.165) is 18.4 Å². The molecule has 18 heavy (non-hydrogen) atoms. The van der Waals surface area contributed by atoms with E-state index in [0.29, 0.717) is 17.7 Å². The minimum Gasteiger partial charge on any atom is -0.352 e. The average molecular weight is 245 g/mol. The molecule has 96 valence electrons. The lowest BCUT2D eigenvalue weighted by Gasteiger charge is -2.17. The summed E-state index contributed by atoms with van der Waals surface area (Å²) in [7, 11) is 0. The number of rotatable bonds is 1. The molecule has 0 bridgehead atoms. The summed E-state index contributed by atoms with van der Waals surface area (Å²) in [6, 6.07) is 5.49. The van der Waals surface area contributed by atoms with Gasteiger partial charge in [-0.3, -0.25) is 9.59 Å². The first kappa shape index (κ1) is 12.8. The molecule has 0 saturated carbocycles. The fourth-order valence-corrected chi connectivity index (χ4v) is 2.16. The van der Waals surface area contributed by atoms with Crippen LogP contribution < -0.4 is 5.32 Å². The maximum absolute atomic E-state index is 12.2. The number of aryl methyl sites for hydroxylation is 1. The van der Waals surface area contributed by atoms with Crippen LogP contribution in [0.3, 0.4) is 0 Å².